The van der Waals surface area contributed by atoms with Crippen LogP contribution in [-0.4, -0.2) is 72.1 Å². The average Bonchev–Trinajstić information content (AvgIpc) is 2.84. The molecule has 9 nitrogen and oxygen atoms in total. The van der Waals surface area contributed by atoms with Crippen molar-refractivity contribution in [1.82, 2.24) is 15.5 Å². The van der Waals surface area contributed by atoms with E-state index in [2.05, 4.69) is 10.6 Å². The Bertz CT molecular complexity index is 963. The fourth-order valence-corrected chi connectivity index (χ4v) is 4.43. The van der Waals surface area contributed by atoms with Crippen LogP contribution in [0.15, 0.2) is 18.2 Å². The number of nitrogens with zero attached hydrogens (tertiary/aromatic N) is 1. The molecule has 0 fully saturated rings. The SMILES string of the molecule is CCCCN(C(=O)C(CCSC)NC(=O)OC(C)(C)C)C(C(=O)NCCC(=O)OCC)c1cc(C)ccc1C. The lowest BCUT2D eigenvalue weighted by molar-refractivity contribution is -0.144. The zero-order valence-corrected chi connectivity index (χ0v) is 25.7. The van der Waals surface area contributed by atoms with Crippen LogP contribution in [0.5, 0.6) is 0 Å². The molecule has 3 amide bonds. The van der Waals surface area contributed by atoms with Crippen LogP contribution in [0.3, 0.4) is 0 Å². The van der Waals surface area contributed by atoms with E-state index in [1.54, 1.807) is 44.4 Å². The van der Waals surface area contributed by atoms with Crippen LogP contribution in [0.1, 0.15) is 83.0 Å². The Kier molecular flexibility index (Phi) is 15.0. The number of hydrogen-bond acceptors (Lipinski definition) is 7. The summed E-state index contributed by atoms with van der Waals surface area (Å²) in [7, 11) is 0. The molecule has 0 radical (unpaired) electrons. The number of carbonyl (C=O) groups is 4. The van der Waals surface area contributed by atoms with Crippen LogP contribution in [0.2, 0.25) is 0 Å². The molecule has 1 aromatic rings. The number of carbonyl (C=O) groups excluding carboxylic acids is 4. The largest absolute Gasteiger partial charge is 0.466 e. The number of ether oxygens (including phenoxy) is 2. The predicted octanol–water partition coefficient (Wildman–Crippen LogP) is 4.69. The first-order chi connectivity index (χ1) is 18.3. The highest BCUT2D eigenvalue weighted by atomic mass is 32.2. The number of unbranched alkanes of at least 4 members (excludes halogenated alkanes) is 1. The molecule has 1 rings (SSSR count). The second-order valence-corrected chi connectivity index (χ2v) is 11.5. The normalized spacial score (nSPS) is 12.7. The molecule has 220 valence electrons. The zero-order valence-electron chi connectivity index (χ0n) is 24.8. The Morgan fingerprint density at radius 3 is 2.38 bits per heavy atom. The molecule has 0 aliphatic heterocycles. The fraction of sp³-hybridized carbons (Fsp3) is 0.655. The minimum absolute atomic E-state index is 0.0263. The second-order valence-electron chi connectivity index (χ2n) is 10.5. The van der Waals surface area contributed by atoms with Gasteiger partial charge in [0.1, 0.15) is 17.7 Å². The Morgan fingerprint density at radius 1 is 1.10 bits per heavy atom. The van der Waals surface area contributed by atoms with Crippen LogP contribution in [0.25, 0.3) is 0 Å². The molecule has 0 heterocycles. The number of aryl methyl sites for hydroxylation is 2. The summed E-state index contributed by atoms with van der Waals surface area (Å²) in [6, 6.07) is 3.98. The maximum Gasteiger partial charge on any atom is 0.408 e. The van der Waals surface area contributed by atoms with E-state index in [4.69, 9.17) is 9.47 Å². The van der Waals surface area contributed by atoms with Gasteiger partial charge in [-0.3, -0.25) is 14.4 Å². The Hall–Kier alpha value is -2.75. The molecule has 0 aliphatic carbocycles. The van der Waals surface area contributed by atoms with Crippen LogP contribution < -0.4 is 10.6 Å². The summed E-state index contributed by atoms with van der Waals surface area (Å²) < 4.78 is 10.4. The lowest BCUT2D eigenvalue weighted by Crippen LogP contribution is -2.53. The van der Waals surface area contributed by atoms with Gasteiger partial charge in [-0.2, -0.15) is 11.8 Å². The van der Waals surface area contributed by atoms with E-state index in [9.17, 15) is 19.2 Å². The second kappa shape index (κ2) is 17.0. The number of hydrogen-bond donors (Lipinski definition) is 2. The van der Waals surface area contributed by atoms with E-state index in [1.165, 1.54) is 0 Å². The van der Waals surface area contributed by atoms with Crippen molar-refractivity contribution < 1.29 is 28.7 Å². The number of benzene rings is 1. The maximum atomic E-state index is 14.1. The summed E-state index contributed by atoms with van der Waals surface area (Å²) in [6.07, 6.45) is 3.14. The molecular formula is C29H47N3O6S. The summed E-state index contributed by atoms with van der Waals surface area (Å²) in [6.45, 7) is 13.5. The van der Waals surface area contributed by atoms with E-state index >= 15 is 0 Å². The number of rotatable bonds is 15. The Labute approximate surface area is 238 Å². The molecule has 2 atom stereocenters. The highest BCUT2D eigenvalue weighted by molar-refractivity contribution is 7.98. The van der Waals surface area contributed by atoms with Crippen molar-refractivity contribution in [2.24, 2.45) is 0 Å². The maximum absolute atomic E-state index is 14.1. The first-order valence-electron chi connectivity index (χ1n) is 13.6. The number of nitrogens with one attached hydrogen (secondary N) is 2. The summed E-state index contributed by atoms with van der Waals surface area (Å²) in [5.41, 5.74) is 1.79. The van der Waals surface area contributed by atoms with E-state index in [1.807, 2.05) is 45.2 Å². The Morgan fingerprint density at radius 2 is 1.79 bits per heavy atom. The molecule has 1 aromatic carbocycles. The molecule has 0 saturated heterocycles. The summed E-state index contributed by atoms with van der Waals surface area (Å²) in [4.78, 5) is 53.9. The van der Waals surface area contributed by atoms with Gasteiger partial charge in [0.2, 0.25) is 11.8 Å². The lowest BCUT2D eigenvalue weighted by atomic mass is 9.95. The lowest BCUT2D eigenvalue weighted by Gasteiger charge is -2.35. The smallest absolute Gasteiger partial charge is 0.408 e. The zero-order chi connectivity index (χ0) is 29.6. The topological polar surface area (TPSA) is 114 Å². The van der Waals surface area contributed by atoms with Gasteiger partial charge in [0.15, 0.2) is 0 Å². The van der Waals surface area contributed by atoms with Crippen LogP contribution >= 0.6 is 11.8 Å². The highest BCUT2D eigenvalue weighted by Gasteiger charge is 2.36. The van der Waals surface area contributed by atoms with Gasteiger partial charge < -0.3 is 25.0 Å². The quantitative estimate of drug-likeness (QED) is 0.297. The molecular weight excluding hydrogens is 518 g/mol. The van der Waals surface area contributed by atoms with Crippen molar-refractivity contribution in [3.8, 4) is 0 Å². The van der Waals surface area contributed by atoms with Gasteiger partial charge in [-0.15, -0.1) is 0 Å². The molecule has 0 spiro atoms. The standard InChI is InChI=1S/C29H47N3O6S/c1-9-11-17-32(27(35)23(15-18-39-8)31-28(36)38-29(5,6)7)25(22-19-20(3)12-13-21(22)4)26(34)30-16-14-24(33)37-10-2/h12-13,19,23,25H,9-11,14-18H2,1-8H3,(H,30,34)(H,31,36). The monoisotopic (exact) mass is 565 g/mol. The molecule has 0 saturated carbocycles. The highest BCUT2D eigenvalue weighted by Crippen LogP contribution is 2.27. The minimum Gasteiger partial charge on any atom is -0.466 e. The number of amides is 3. The van der Waals surface area contributed by atoms with Crippen molar-refractivity contribution in [2.75, 3.05) is 31.7 Å². The number of esters is 1. The molecule has 0 aromatic heterocycles. The van der Waals surface area contributed by atoms with Crippen LogP contribution in [-0.2, 0) is 23.9 Å². The van der Waals surface area contributed by atoms with Gasteiger partial charge in [0.25, 0.3) is 0 Å². The first-order valence-corrected chi connectivity index (χ1v) is 15.0. The average molecular weight is 566 g/mol. The number of alkyl carbamates (subject to hydrolysis) is 1. The van der Waals surface area contributed by atoms with Crippen molar-refractivity contribution in [2.45, 2.75) is 91.8 Å². The van der Waals surface area contributed by atoms with E-state index in [-0.39, 0.29) is 25.5 Å². The third-order valence-corrected chi connectivity index (χ3v) is 6.50. The van der Waals surface area contributed by atoms with Gasteiger partial charge in [0.05, 0.1) is 13.0 Å². The van der Waals surface area contributed by atoms with Crippen molar-refractivity contribution in [3.05, 3.63) is 34.9 Å². The number of thioether (sulfide) groups is 1. The van der Waals surface area contributed by atoms with Gasteiger partial charge >= 0.3 is 12.1 Å². The van der Waals surface area contributed by atoms with Crippen LogP contribution in [0, 0.1) is 13.8 Å². The van der Waals surface area contributed by atoms with Gasteiger partial charge in [-0.25, -0.2) is 4.79 Å². The molecule has 2 N–H and O–H groups in total. The predicted molar refractivity (Wildman–Crippen MR) is 156 cm³/mol. The van der Waals surface area contributed by atoms with Gasteiger partial charge in [-0.05, 0) is 77.5 Å². The van der Waals surface area contributed by atoms with Crippen LogP contribution in [0.4, 0.5) is 4.79 Å². The summed E-state index contributed by atoms with van der Waals surface area (Å²) >= 11 is 1.56. The summed E-state index contributed by atoms with van der Waals surface area (Å²) in [5, 5.41) is 5.58. The summed E-state index contributed by atoms with van der Waals surface area (Å²) in [5.74, 6) is -0.514. The van der Waals surface area contributed by atoms with E-state index < -0.39 is 35.7 Å². The molecule has 0 bridgehead atoms. The van der Waals surface area contributed by atoms with E-state index in [0.29, 0.717) is 30.7 Å². The van der Waals surface area contributed by atoms with Crippen molar-refractivity contribution >= 4 is 35.6 Å². The Balaban J connectivity index is 3.46. The third kappa shape index (κ3) is 12.3. The molecule has 39 heavy (non-hydrogen) atoms. The van der Waals surface area contributed by atoms with Gasteiger partial charge in [0, 0.05) is 13.1 Å². The fourth-order valence-electron chi connectivity index (χ4n) is 3.96. The van der Waals surface area contributed by atoms with Crippen molar-refractivity contribution in [3.63, 3.8) is 0 Å². The minimum atomic E-state index is -0.941. The van der Waals surface area contributed by atoms with Crippen molar-refractivity contribution in [1.29, 1.82) is 0 Å². The first kappa shape index (κ1) is 34.3. The third-order valence-electron chi connectivity index (χ3n) is 5.86. The molecule has 2 unspecified atom stereocenters. The molecule has 0 aliphatic rings. The van der Waals surface area contributed by atoms with Gasteiger partial charge in [-0.1, -0.05) is 37.1 Å². The van der Waals surface area contributed by atoms with E-state index in [0.717, 1.165) is 17.5 Å². The molecule has 10 heteroatoms.